The van der Waals surface area contributed by atoms with E-state index in [1.807, 2.05) is 6.07 Å². The molecule has 0 aliphatic heterocycles. The Morgan fingerprint density at radius 2 is 1.89 bits per heavy atom. The number of nitrogens with one attached hydrogen (secondary N) is 1. The highest BCUT2D eigenvalue weighted by molar-refractivity contribution is 7.71. The quantitative estimate of drug-likeness (QED) is 0.811. The third-order valence-corrected chi connectivity index (χ3v) is 3.84. The smallest absolute Gasteiger partial charge is 0.139 e. The first-order valence-electron chi connectivity index (χ1n) is 6.85. The van der Waals surface area contributed by atoms with Gasteiger partial charge in [-0.1, -0.05) is 50.3 Å². The normalized spacial score (nSPS) is 14.9. The van der Waals surface area contributed by atoms with Crippen LogP contribution in [0, 0.1) is 4.64 Å². The number of aromatic nitrogens is 2. The van der Waals surface area contributed by atoms with Crippen LogP contribution in [0.4, 0.5) is 0 Å². The van der Waals surface area contributed by atoms with E-state index in [0.717, 1.165) is 11.4 Å². The Morgan fingerprint density at radius 3 is 2.47 bits per heavy atom. The van der Waals surface area contributed by atoms with Crippen molar-refractivity contribution >= 4 is 12.2 Å². The number of aromatic amines is 1. The number of hydrogen-bond acceptors (Lipinski definition) is 2. The van der Waals surface area contributed by atoms with Crippen molar-refractivity contribution in [3.05, 3.63) is 46.2 Å². The molecule has 0 bridgehead atoms. The summed E-state index contributed by atoms with van der Waals surface area (Å²) in [6.07, 6.45) is 2.53. The van der Waals surface area contributed by atoms with Gasteiger partial charge in [0, 0.05) is 11.3 Å². The van der Waals surface area contributed by atoms with Crippen LogP contribution in [0.3, 0.4) is 0 Å². The van der Waals surface area contributed by atoms with Crippen molar-refractivity contribution in [3.8, 4) is 11.4 Å². The van der Waals surface area contributed by atoms with Gasteiger partial charge < -0.3 is 4.98 Å². The van der Waals surface area contributed by atoms with Crippen molar-refractivity contribution in [2.24, 2.45) is 0 Å². The summed E-state index contributed by atoms with van der Waals surface area (Å²) in [6.45, 7) is 4.41. The van der Waals surface area contributed by atoms with Gasteiger partial charge in [0.1, 0.15) is 10.5 Å². The molecule has 1 N–H and O–H groups in total. The van der Waals surface area contributed by atoms with Crippen molar-refractivity contribution in [1.29, 1.82) is 0 Å². The Morgan fingerprint density at radius 1 is 1.21 bits per heavy atom. The Balaban J connectivity index is 1.98. The van der Waals surface area contributed by atoms with Gasteiger partial charge in [-0.05, 0) is 36.3 Å². The van der Waals surface area contributed by atoms with E-state index in [1.165, 1.54) is 24.1 Å². The molecule has 2 aromatic rings. The second-order valence-electron chi connectivity index (χ2n) is 5.57. The first kappa shape index (κ1) is 12.5. The number of nitrogens with zero attached hydrogens (tertiary/aromatic N) is 1. The van der Waals surface area contributed by atoms with Gasteiger partial charge in [-0.25, -0.2) is 4.98 Å². The molecule has 1 aliphatic carbocycles. The van der Waals surface area contributed by atoms with Crippen molar-refractivity contribution in [1.82, 2.24) is 9.97 Å². The predicted octanol–water partition coefficient (Wildman–Crippen LogP) is 4.81. The fourth-order valence-corrected chi connectivity index (χ4v) is 2.47. The molecular formula is C16H18N2S. The largest absolute Gasteiger partial charge is 0.343 e. The Hall–Kier alpha value is -1.48. The lowest BCUT2D eigenvalue weighted by Gasteiger charge is -2.08. The lowest BCUT2D eigenvalue weighted by Crippen LogP contribution is -1.95. The van der Waals surface area contributed by atoms with Gasteiger partial charge in [0.25, 0.3) is 0 Å². The number of benzene rings is 1. The van der Waals surface area contributed by atoms with E-state index in [1.54, 1.807) is 0 Å². The Labute approximate surface area is 118 Å². The Kier molecular flexibility index (Phi) is 3.23. The second kappa shape index (κ2) is 4.89. The van der Waals surface area contributed by atoms with E-state index in [-0.39, 0.29) is 0 Å². The van der Waals surface area contributed by atoms with Gasteiger partial charge >= 0.3 is 0 Å². The molecule has 1 heterocycles. The second-order valence-corrected chi connectivity index (χ2v) is 5.99. The van der Waals surface area contributed by atoms with Crippen LogP contribution in [0.1, 0.15) is 49.8 Å². The SMILES string of the molecule is CC(C)c1ccc(-c2nc(=S)cc(C3CC3)[nH]2)cc1. The van der Waals surface area contributed by atoms with Crippen LogP contribution in [-0.2, 0) is 0 Å². The van der Waals surface area contributed by atoms with Crippen LogP contribution in [-0.4, -0.2) is 9.97 Å². The molecular weight excluding hydrogens is 252 g/mol. The first-order valence-corrected chi connectivity index (χ1v) is 7.26. The zero-order valence-corrected chi connectivity index (χ0v) is 12.1. The summed E-state index contributed by atoms with van der Waals surface area (Å²) in [5.41, 5.74) is 3.70. The lowest BCUT2D eigenvalue weighted by atomic mass is 10.0. The maximum atomic E-state index is 5.27. The minimum absolute atomic E-state index is 0.554. The monoisotopic (exact) mass is 270 g/mol. The highest BCUT2D eigenvalue weighted by atomic mass is 32.1. The van der Waals surface area contributed by atoms with Crippen LogP contribution in [0.5, 0.6) is 0 Å². The van der Waals surface area contributed by atoms with Gasteiger partial charge in [0.05, 0.1) is 0 Å². The van der Waals surface area contributed by atoms with Crippen LogP contribution in [0.25, 0.3) is 11.4 Å². The molecule has 0 saturated heterocycles. The fraction of sp³-hybridized carbons (Fsp3) is 0.375. The summed E-state index contributed by atoms with van der Waals surface area (Å²) in [7, 11) is 0. The zero-order chi connectivity index (χ0) is 13.4. The molecule has 0 spiro atoms. The van der Waals surface area contributed by atoms with Crippen LogP contribution in [0.15, 0.2) is 30.3 Å². The minimum Gasteiger partial charge on any atom is -0.343 e. The molecule has 3 rings (SSSR count). The third-order valence-electron chi connectivity index (χ3n) is 3.63. The van der Waals surface area contributed by atoms with Gasteiger partial charge in [0.2, 0.25) is 0 Å². The molecule has 1 saturated carbocycles. The van der Waals surface area contributed by atoms with Crippen LogP contribution in [0.2, 0.25) is 0 Å². The maximum Gasteiger partial charge on any atom is 0.139 e. The van der Waals surface area contributed by atoms with Crippen molar-refractivity contribution in [2.45, 2.75) is 38.5 Å². The van der Waals surface area contributed by atoms with Crippen molar-refractivity contribution in [3.63, 3.8) is 0 Å². The third kappa shape index (κ3) is 2.76. The number of H-pyrrole nitrogens is 1. The van der Waals surface area contributed by atoms with E-state index in [0.29, 0.717) is 16.5 Å². The predicted molar refractivity (Wildman–Crippen MR) is 80.9 cm³/mol. The van der Waals surface area contributed by atoms with Crippen LogP contribution < -0.4 is 0 Å². The summed E-state index contributed by atoms with van der Waals surface area (Å²) >= 11 is 5.27. The van der Waals surface area contributed by atoms with Crippen LogP contribution >= 0.6 is 12.2 Å². The topological polar surface area (TPSA) is 28.7 Å². The molecule has 1 aromatic carbocycles. The first-order chi connectivity index (χ1) is 9.13. The Bertz CT molecular complexity index is 637. The average molecular weight is 270 g/mol. The summed E-state index contributed by atoms with van der Waals surface area (Å²) in [4.78, 5) is 7.88. The van der Waals surface area contributed by atoms with E-state index in [9.17, 15) is 0 Å². The summed E-state index contributed by atoms with van der Waals surface area (Å²) in [5, 5.41) is 0. The average Bonchev–Trinajstić information content (AvgIpc) is 3.22. The fourth-order valence-electron chi connectivity index (χ4n) is 2.25. The molecule has 98 valence electrons. The maximum absolute atomic E-state index is 5.27. The van der Waals surface area contributed by atoms with Gasteiger partial charge in [-0.3, -0.25) is 0 Å². The standard InChI is InChI=1S/C16H18N2S/c1-10(2)11-3-7-13(8-4-11)16-17-14(12-5-6-12)9-15(19)18-16/h3-4,7-10,12H,5-6H2,1-2H3,(H,17,18,19). The van der Waals surface area contributed by atoms with Crippen molar-refractivity contribution < 1.29 is 0 Å². The molecule has 0 radical (unpaired) electrons. The molecule has 19 heavy (non-hydrogen) atoms. The summed E-state index contributed by atoms with van der Waals surface area (Å²) in [5.74, 6) is 2.11. The van der Waals surface area contributed by atoms with E-state index in [4.69, 9.17) is 12.2 Å². The highest BCUT2D eigenvalue weighted by Crippen LogP contribution is 2.39. The minimum atomic E-state index is 0.554. The molecule has 2 nitrogen and oxygen atoms in total. The highest BCUT2D eigenvalue weighted by Gasteiger charge is 2.24. The van der Waals surface area contributed by atoms with Gasteiger partial charge in [-0.2, -0.15) is 0 Å². The number of rotatable bonds is 3. The van der Waals surface area contributed by atoms with E-state index < -0.39 is 0 Å². The van der Waals surface area contributed by atoms with Gasteiger partial charge in [0.15, 0.2) is 0 Å². The zero-order valence-electron chi connectivity index (χ0n) is 11.3. The number of hydrogen-bond donors (Lipinski definition) is 1. The molecule has 1 aromatic heterocycles. The summed E-state index contributed by atoms with van der Waals surface area (Å²) in [6, 6.07) is 10.6. The molecule has 0 amide bonds. The lowest BCUT2D eigenvalue weighted by molar-refractivity contribution is 0.866. The molecule has 1 aliphatic rings. The van der Waals surface area contributed by atoms with Crippen molar-refractivity contribution in [2.75, 3.05) is 0 Å². The molecule has 0 unspecified atom stereocenters. The summed E-state index contributed by atoms with van der Waals surface area (Å²) < 4.78 is 0.684. The molecule has 0 atom stereocenters. The van der Waals surface area contributed by atoms with Gasteiger partial charge in [-0.15, -0.1) is 0 Å². The molecule has 3 heteroatoms. The molecule has 1 fully saturated rings. The van der Waals surface area contributed by atoms with E-state index >= 15 is 0 Å². The van der Waals surface area contributed by atoms with E-state index in [2.05, 4.69) is 48.1 Å².